The minimum atomic E-state index is -0.481. The van der Waals surface area contributed by atoms with Gasteiger partial charge in [-0.2, -0.15) is 0 Å². The lowest BCUT2D eigenvalue weighted by atomic mass is 10.1. The van der Waals surface area contributed by atoms with Crippen LogP contribution < -0.4 is 10.6 Å². The molecule has 30 heavy (non-hydrogen) atoms. The highest BCUT2D eigenvalue weighted by atomic mass is 16.6. The Morgan fingerprint density at radius 2 is 2.17 bits per heavy atom. The van der Waals surface area contributed by atoms with Gasteiger partial charge in [-0.1, -0.05) is 6.07 Å². The number of carbonyl (C=O) groups excluding carboxylic acids is 1. The number of nitrogens with one attached hydrogen (secondary N) is 2. The number of aromatic nitrogens is 3. The number of fused-ring (bicyclic) bond motifs is 1. The third-order valence-electron chi connectivity index (χ3n) is 4.89. The molecule has 1 saturated heterocycles. The second kappa shape index (κ2) is 9.77. The summed E-state index contributed by atoms with van der Waals surface area (Å²) in [5.74, 6) is 1.70. The van der Waals surface area contributed by atoms with E-state index in [0.717, 1.165) is 56.2 Å². The van der Waals surface area contributed by atoms with E-state index in [-0.39, 0.29) is 12.1 Å². The molecule has 2 N–H and O–H groups in total. The van der Waals surface area contributed by atoms with E-state index in [1.165, 1.54) is 0 Å². The van der Waals surface area contributed by atoms with Gasteiger partial charge in [0.15, 0.2) is 11.6 Å². The van der Waals surface area contributed by atoms with E-state index in [4.69, 9.17) is 4.74 Å². The topological polar surface area (TPSA) is 96.1 Å². The van der Waals surface area contributed by atoms with E-state index >= 15 is 0 Å². The molecule has 0 aromatic carbocycles. The van der Waals surface area contributed by atoms with Crippen molar-refractivity contribution >= 4 is 17.7 Å². The Morgan fingerprint density at radius 1 is 1.33 bits per heavy atom. The Balaban J connectivity index is 1.43. The number of ether oxygens (including phenoxy) is 1. The number of piperidine rings is 1. The first kappa shape index (κ1) is 21.9. The molecule has 0 saturated carbocycles. The van der Waals surface area contributed by atoms with Crippen molar-refractivity contribution in [3.05, 3.63) is 30.2 Å². The maximum absolute atomic E-state index is 12.3. The van der Waals surface area contributed by atoms with Gasteiger partial charge in [-0.05, 0) is 52.2 Å². The first-order chi connectivity index (χ1) is 14.4. The molecule has 2 aromatic heterocycles. The summed E-state index contributed by atoms with van der Waals surface area (Å²) in [7, 11) is 1.76. The molecule has 1 fully saturated rings. The van der Waals surface area contributed by atoms with Crippen LogP contribution in [0.3, 0.4) is 0 Å². The van der Waals surface area contributed by atoms with Gasteiger partial charge in [-0.3, -0.25) is 9.39 Å². The van der Waals surface area contributed by atoms with Crippen LogP contribution in [0.15, 0.2) is 29.4 Å². The molecule has 3 rings (SSSR count). The highest BCUT2D eigenvalue weighted by molar-refractivity contribution is 5.80. The summed E-state index contributed by atoms with van der Waals surface area (Å²) in [6.45, 7) is 7.77. The summed E-state index contributed by atoms with van der Waals surface area (Å²) in [5.41, 5.74) is 0.384. The standard InChI is InChI=1S/C21H33N7O2/c1-21(2,3)30-20(29)27-13-8-9-16(15-27)24-19(22-4)23-12-7-11-18-26-25-17-10-5-6-14-28(17)18/h5-6,10,14,16H,7-9,11-13,15H2,1-4H3,(H2,22,23,24). The van der Waals surface area contributed by atoms with Gasteiger partial charge in [0, 0.05) is 45.3 Å². The van der Waals surface area contributed by atoms with Crippen molar-refractivity contribution in [2.75, 3.05) is 26.7 Å². The quantitative estimate of drug-likeness (QED) is 0.442. The zero-order valence-electron chi connectivity index (χ0n) is 18.4. The predicted molar refractivity (Wildman–Crippen MR) is 117 cm³/mol. The molecule has 1 aliphatic heterocycles. The second-order valence-electron chi connectivity index (χ2n) is 8.56. The van der Waals surface area contributed by atoms with Crippen LogP contribution in [-0.4, -0.2) is 69.9 Å². The van der Waals surface area contributed by atoms with Crippen molar-refractivity contribution in [2.24, 2.45) is 4.99 Å². The van der Waals surface area contributed by atoms with Crippen molar-refractivity contribution in [2.45, 2.75) is 58.1 Å². The van der Waals surface area contributed by atoms with Crippen LogP contribution in [0.4, 0.5) is 4.79 Å². The molecule has 0 bridgehead atoms. The van der Waals surface area contributed by atoms with Crippen LogP contribution in [0.25, 0.3) is 5.65 Å². The molecule has 1 aliphatic rings. The van der Waals surface area contributed by atoms with Gasteiger partial charge in [-0.25, -0.2) is 4.79 Å². The molecule has 1 amide bonds. The number of nitrogens with zero attached hydrogens (tertiary/aromatic N) is 5. The monoisotopic (exact) mass is 415 g/mol. The van der Waals surface area contributed by atoms with Gasteiger partial charge >= 0.3 is 6.09 Å². The van der Waals surface area contributed by atoms with Crippen LogP contribution in [-0.2, 0) is 11.2 Å². The third-order valence-corrected chi connectivity index (χ3v) is 4.89. The minimum Gasteiger partial charge on any atom is -0.444 e. The van der Waals surface area contributed by atoms with Gasteiger partial charge < -0.3 is 20.3 Å². The zero-order valence-corrected chi connectivity index (χ0v) is 18.4. The molecule has 164 valence electrons. The van der Waals surface area contributed by atoms with Gasteiger partial charge in [0.25, 0.3) is 0 Å². The van der Waals surface area contributed by atoms with E-state index < -0.39 is 5.60 Å². The van der Waals surface area contributed by atoms with Gasteiger partial charge in [0.2, 0.25) is 0 Å². The summed E-state index contributed by atoms with van der Waals surface area (Å²) < 4.78 is 7.52. The maximum atomic E-state index is 12.3. The Labute approximate surface area is 177 Å². The number of guanidine groups is 1. The molecule has 2 aromatic rings. The van der Waals surface area contributed by atoms with Crippen molar-refractivity contribution in [3.63, 3.8) is 0 Å². The number of likely N-dealkylation sites (tertiary alicyclic amines) is 1. The molecule has 0 radical (unpaired) electrons. The fraction of sp³-hybridized carbons (Fsp3) is 0.619. The molecule has 9 nitrogen and oxygen atoms in total. The Bertz CT molecular complexity index is 872. The van der Waals surface area contributed by atoms with Crippen LogP contribution in [0.2, 0.25) is 0 Å². The summed E-state index contributed by atoms with van der Waals surface area (Å²) >= 11 is 0. The SMILES string of the molecule is CN=C(NCCCc1nnc2ccccn12)NC1CCCN(C(=O)OC(C)(C)C)C1. The number of pyridine rings is 1. The molecular formula is C21H33N7O2. The normalized spacial score (nSPS) is 17.8. The lowest BCUT2D eigenvalue weighted by molar-refractivity contribution is 0.0193. The lowest BCUT2D eigenvalue weighted by Crippen LogP contribution is -2.53. The van der Waals surface area contributed by atoms with Gasteiger partial charge in [0.1, 0.15) is 11.4 Å². The molecule has 9 heteroatoms. The van der Waals surface area contributed by atoms with Crippen molar-refractivity contribution < 1.29 is 9.53 Å². The highest BCUT2D eigenvalue weighted by Gasteiger charge is 2.28. The van der Waals surface area contributed by atoms with E-state index in [9.17, 15) is 4.79 Å². The molecule has 0 spiro atoms. The van der Waals surface area contributed by atoms with Crippen LogP contribution in [0, 0.1) is 0 Å². The van der Waals surface area contributed by atoms with Gasteiger partial charge in [-0.15, -0.1) is 10.2 Å². The largest absolute Gasteiger partial charge is 0.444 e. The fourth-order valence-corrected chi connectivity index (χ4v) is 3.49. The first-order valence-corrected chi connectivity index (χ1v) is 10.6. The predicted octanol–water partition coefficient (Wildman–Crippen LogP) is 2.23. The number of rotatable bonds is 5. The third kappa shape index (κ3) is 6.08. The Kier molecular flexibility index (Phi) is 7.12. The summed E-state index contributed by atoms with van der Waals surface area (Å²) in [4.78, 5) is 18.4. The van der Waals surface area contributed by atoms with Crippen molar-refractivity contribution in [1.29, 1.82) is 0 Å². The molecule has 0 aliphatic carbocycles. The smallest absolute Gasteiger partial charge is 0.410 e. The van der Waals surface area contributed by atoms with Crippen LogP contribution >= 0.6 is 0 Å². The molecule has 1 unspecified atom stereocenters. The summed E-state index contributed by atoms with van der Waals surface area (Å²) in [6, 6.07) is 6.04. The fourth-order valence-electron chi connectivity index (χ4n) is 3.49. The lowest BCUT2D eigenvalue weighted by Gasteiger charge is -2.35. The molecule has 1 atom stereocenters. The number of aryl methyl sites for hydroxylation is 1. The van der Waals surface area contributed by atoms with Crippen molar-refractivity contribution in [3.8, 4) is 0 Å². The summed E-state index contributed by atoms with van der Waals surface area (Å²) in [6.07, 6.45) is 5.39. The zero-order chi connectivity index (χ0) is 21.6. The number of hydrogen-bond donors (Lipinski definition) is 2. The second-order valence-corrected chi connectivity index (χ2v) is 8.56. The highest BCUT2D eigenvalue weighted by Crippen LogP contribution is 2.15. The number of hydrogen-bond acceptors (Lipinski definition) is 5. The van der Waals surface area contributed by atoms with Crippen molar-refractivity contribution in [1.82, 2.24) is 30.1 Å². The Hall–Kier alpha value is -2.84. The van der Waals surface area contributed by atoms with Gasteiger partial charge in [0.05, 0.1) is 0 Å². The van der Waals surface area contributed by atoms with Crippen LogP contribution in [0.1, 0.15) is 45.9 Å². The number of aliphatic imine (C=N–C) groups is 1. The van der Waals surface area contributed by atoms with E-state index in [1.807, 2.05) is 49.6 Å². The Morgan fingerprint density at radius 3 is 2.93 bits per heavy atom. The first-order valence-electron chi connectivity index (χ1n) is 10.6. The van der Waals surface area contributed by atoms with Crippen LogP contribution in [0.5, 0.6) is 0 Å². The average Bonchev–Trinajstić information content (AvgIpc) is 3.12. The summed E-state index contributed by atoms with van der Waals surface area (Å²) in [5, 5.41) is 15.2. The van der Waals surface area contributed by atoms with E-state index in [1.54, 1.807) is 11.9 Å². The average molecular weight is 416 g/mol. The van der Waals surface area contributed by atoms with E-state index in [2.05, 4.69) is 25.8 Å². The number of amides is 1. The molecule has 3 heterocycles. The maximum Gasteiger partial charge on any atom is 0.410 e. The number of carbonyl (C=O) groups is 1. The molecular weight excluding hydrogens is 382 g/mol. The van der Waals surface area contributed by atoms with E-state index in [0.29, 0.717) is 6.54 Å². The minimum absolute atomic E-state index is 0.151.